The Balaban J connectivity index is 1.78. The molecule has 112 valence electrons. The summed E-state index contributed by atoms with van der Waals surface area (Å²) in [6, 6.07) is 7.81. The van der Waals surface area contributed by atoms with Gasteiger partial charge >= 0.3 is 12.0 Å². The minimum atomic E-state index is -0.857. The van der Waals surface area contributed by atoms with E-state index in [4.69, 9.17) is 5.11 Å². The van der Waals surface area contributed by atoms with E-state index >= 15 is 0 Å². The molecule has 0 aromatic heterocycles. The second-order valence-electron chi connectivity index (χ2n) is 6.19. The fraction of sp³-hybridized carbons (Fsp3) is 0.500. The van der Waals surface area contributed by atoms with Crippen molar-refractivity contribution >= 4 is 17.7 Å². The molecule has 5 nitrogen and oxygen atoms in total. The second-order valence-corrected chi connectivity index (χ2v) is 6.19. The highest BCUT2D eigenvalue weighted by molar-refractivity contribution is 5.95. The highest BCUT2D eigenvalue weighted by Crippen LogP contribution is 2.37. The van der Waals surface area contributed by atoms with Gasteiger partial charge in [0.25, 0.3) is 0 Å². The van der Waals surface area contributed by atoms with Crippen molar-refractivity contribution in [3.63, 3.8) is 0 Å². The summed E-state index contributed by atoms with van der Waals surface area (Å²) in [5, 5.41) is 12.0. The van der Waals surface area contributed by atoms with Gasteiger partial charge < -0.3 is 10.4 Å². The van der Waals surface area contributed by atoms with E-state index in [-0.39, 0.29) is 18.5 Å². The number of urea groups is 1. The lowest BCUT2D eigenvalue weighted by atomic mass is 9.74. The second kappa shape index (κ2) is 5.06. The molecule has 1 fully saturated rings. The Morgan fingerprint density at radius 3 is 2.71 bits per heavy atom. The molecule has 3 rings (SSSR count). The van der Waals surface area contributed by atoms with E-state index in [2.05, 4.69) is 5.32 Å². The zero-order valence-electron chi connectivity index (χ0n) is 12.1. The summed E-state index contributed by atoms with van der Waals surface area (Å²) in [4.78, 5) is 25.4. The summed E-state index contributed by atoms with van der Waals surface area (Å²) in [6.45, 7) is 2.02. The number of hydrogen-bond donors (Lipinski definition) is 2. The molecule has 2 N–H and O–H groups in total. The summed E-state index contributed by atoms with van der Waals surface area (Å²) in [6.07, 6.45) is 3.31. The number of carbonyl (C=O) groups is 2. The first kappa shape index (κ1) is 13.9. The summed E-state index contributed by atoms with van der Waals surface area (Å²) < 4.78 is 0. The van der Waals surface area contributed by atoms with Crippen molar-refractivity contribution in [2.24, 2.45) is 0 Å². The van der Waals surface area contributed by atoms with E-state index in [1.165, 1.54) is 5.56 Å². The number of carboxylic acids is 1. The Bertz CT molecular complexity index is 581. The normalized spacial score (nSPS) is 22.3. The molecule has 21 heavy (non-hydrogen) atoms. The molecule has 1 atom stereocenters. The lowest BCUT2D eigenvalue weighted by Crippen LogP contribution is -2.58. The van der Waals surface area contributed by atoms with Gasteiger partial charge in [0.05, 0.1) is 12.0 Å². The van der Waals surface area contributed by atoms with Crippen LogP contribution in [0, 0.1) is 0 Å². The number of benzene rings is 1. The molecular weight excluding hydrogens is 268 g/mol. The van der Waals surface area contributed by atoms with Crippen LogP contribution in [-0.2, 0) is 11.2 Å². The van der Waals surface area contributed by atoms with Crippen molar-refractivity contribution in [2.75, 3.05) is 4.90 Å². The van der Waals surface area contributed by atoms with Gasteiger partial charge in [0.15, 0.2) is 0 Å². The van der Waals surface area contributed by atoms with Crippen LogP contribution < -0.4 is 10.2 Å². The monoisotopic (exact) mass is 288 g/mol. The van der Waals surface area contributed by atoms with Gasteiger partial charge in [0.2, 0.25) is 0 Å². The van der Waals surface area contributed by atoms with Gasteiger partial charge in [-0.3, -0.25) is 9.69 Å². The third-order valence-corrected chi connectivity index (χ3v) is 4.60. The smallest absolute Gasteiger partial charge is 0.322 e. The molecule has 2 amide bonds. The van der Waals surface area contributed by atoms with E-state index < -0.39 is 11.5 Å². The predicted octanol–water partition coefficient (Wildman–Crippen LogP) is 2.54. The fourth-order valence-electron chi connectivity index (χ4n) is 3.40. The molecule has 1 aromatic carbocycles. The van der Waals surface area contributed by atoms with Gasteiger partial charge in [-0.2, -0.15) is 0 Å². The van der Waals surface area contributed by atoms with Gasteiger partial charge in [-0.15, -0.1) is 0 Å². The molecule has 0 radical (unpaired) electrons. The Labute approximate surface area is 123 Å². The quantitative estimate of drug-likeness (QED) is 0.898. The average molecular weight is 288 g/mol. The number of carbonyl (C=O) groups excluding carboxylic acids is 1. The topological polar surface area (TPSA) is 69.6 Å². The molecule has 1 unspecified atom stereocenters. The maximum atomic E-state index is 12.6. The van der Waals surface area contributed by atoms with Crippen LogP contribution in [0.4, 0.5) is 10.5 Å². The van der Waals surface area contributed by atoms with E-state index in [0.29, 0.717) is 0 Å². The van der Waals surface area contributed by atoms with Crippen molar-refractivity contribution in [1.29, 1.82) is 0 Å². The number of rotatable bonds is 3. The van der Waals surface area contributed by atoms with E-state index in [1.807, 2.05) is 31.2 Å². The minimum absolute atomic E-state index is 0.00259. The number of para-hydroxylation sites is 1. The van der Waals surface area contributed by atoms with E-state index in [0.717, 1.165) is 31.4 Å². The highest BCUT2D eigenvalue weighted by atomic mass is 16.4. The van der Waals surface area contributed by atoms with Gasteiger partial charge in [0, 0.05) is 11.7 Å². The molecular formula is C16H20N2O3. The van der Waals surface area contributed by atoms with E-state index in [9.17, 15) is 9.59 Å². The van der Waals surface area contributed by atoms with Gasteiger partial charge in [0.1, 0.15) is 0 Å². The van der Waals surface area contributed by atoms with Crippen molar-refractivity contribution in [2.45, 2.75) is 50.6 Å². The number of carboxylic acid groups (broad SMARTS) is 1. The number of nitrogens with one attached hydrogen (secondary N) is 1. The lowest BCUT2D eigenvalue weighted by molar-refractivity contribution is -0.139. The number of nitrogens with zero attached hydrogens (tertiary/aromatic N) is 1. The molecule has 0 spiro atoms. The van der Waals surface area contributed by atoms with Gasteiger partial charge in [-0.25, -0.2) is 4.79 Å². The Hall–Kier alpha value is -2.04. The number of hydrogen-bond acceptors (Lipinski definition) is 2. The van der Waals surface area contributed by atoms with Crippen molar-refractivity contribution in [3.8, 4) is 0 Å². The fourth-order valence-corrected chi connectivity index (χ4v) is 3.40. The van der Waals surface area contributed by atoms with Crippen LogP contribution in [0.5, 0.6) is 0 Å². The summed E-state index contributed by atoms with van der Waals surface area (Å²) >= 11 is 0. The first-order valence-electron chi connectivity index (χ1n) is 7.42. The number of amides is 2. The standard InChI is InChI=1S/C16H20N2O3/c1-11-9-12-5-2-3-6-13(12)18(11)15(21)17-16(7-4-8-16)10-14(19)20/h2-3,5-6,11H,4,7-10H2,1H3,(H,17,21)(H,19,20). The number of aliphatic carboxylic acids is 1. The highest BCUT2D eigenvalue weighted by Gasteiger charge is 2.42. The van der Waals surface area contributed by atoms with Crippen LogP contribution in [0.3, 0.4) is 0 Å². The van der Waals surface area contributed by atoms with Crippen LogP contribution in [0.1, 0.15) is 38.2 Å². The third-order valence-electron chi connectivity index (χ3n) is 4.60. The molecule has 1 aliphatic carbocycles. The molecule has 1 saturated carbocycles. The van der Waals surface area contributed by atoms with Crippen LogP contribution >= 0.6 is 0 Å². The predicted molar refractivity (Wildman–Crippen MR) is 79.5 cm³/mol. The van der Waals surface area contributed by atoms with Crippen molar-refractivity contribution in [1.82, 2.24) is 5.32 Å². The zero-order valence-corrected chi connectivity index (χ0v) is 12.1. The van der Waals surface area contributed by atoms with Gasteiger partial charge in [-0.05, 0) is 44.2 Å². The molecule has 0 saturated heterocycles. The molecule has 1 aromatic rings. The molecule has 2 aliphatic rings. The molecule has 0 bridgehead atoms. The van der Waals surface area contributed by atoms with Crippen LogP contribution in [0.2, 0.25) is 0 Å². The first-order chi connectivity index (χ1) is 10.0. The Morgan fingerprint density at radius 2 is 2.10 bits per heavy atom. The van der Waals surface area contributed by atoms with E-state index in [1.54, 1.807) is 4.90 Å². The van der Waals surface area contributed by atoms with Crippen LogP contribution in [0.15, 0.2) is 24.3 Å². The summed E-state index contributed by atoms with van der Waals surface area (Å²) in [5.41, 5.74) is 1.55. The average Bonchev–Trinajstić information content (AvgIpc) is 2.71. The lowest BCUT2D eigenvalue weighted by Gasteiger charge is -2.42. The first-order valence-corrected chi connectivity index (χ1v) is 7.42. The largest absolute Gasteiger partial charge is 0.481 e. The zero-order chi connectivity index (χ0) is 15.0. The third kappa shape index (κ3) is 2.48. The summed E-state index contributed by atoms with van der Waals surface area (Å²) in [5.74, 6) is -0.857. The number of fused-ring (bicyclic) bond motifs is 1. The molecule has 1 aliphatic heterocycles. The van der Waals surface area contributed by atoms with Gasteiger partial charge in [-0.1, -0.05) is 18.2 Å². The molecule has 5 heteroatoms. The van der Waals surface area contributed by atoms with Crippen LogP contribution in [-0.4, -0.2) is 28.7 Å². The van der Waals surface area contributed by atoms with Crippen LogP contribution in [0.25, 0.3) is 0 Å². The molecule has 1 heterocycles. The van der Waals surface area contributed by atoms with Crippen molar-refractivity contribution in [3.05, 3.63) is 29.8 Å². The number of anilines is 1. The maximum absolute atomic E-state index is 12.6. The summed E-state index contributed by atoms with van der Waals surface area (Å²) in [7, 11) is 0. The van der Waals surface area contributed by atoms with Crippen molar-refractivity contribution < 1.29 is 14.7 Å². The SMILES string of the molecule is CC1Cc2ccccc2N1C(=O)NC1(CC(=O)O)CCC1. The Kier molecular flexibility index (Phi) is 3.35. The Morgan fingerprint density at radius 1 is 1.38 bits per heavy atom. The maximum Gasteiger partial charge on any atom is 0.322 e. The minimum Gasteiger partial charge on any atom is -0.481 e.